The molecule has 0 rings (SSSR count). The zero-order chi connectivity index (χ0) is 44.0. The van der Waals surface area contributed by atoms with Gasteiger partial charge in [-0.25, -0.2) is 0 Å². The van der Waals surface area contributed by atoms with Crippen molar-refractivity contribution < 1.29 is 0 Å². The van der Waals surface area contributed by atoms with Crippen molar-refractivity contribution in [3.8, 4) is 0 Å². The maximum absolute atomic E-state index is 2.00. The highest BCUT2D eigenvalue weighted by Crippen LogP contribution is 1.19. The molecule has 0 bridgehead atoms. The van der Waals surface area contributed by atoms with Gasteiger partial charge in [-0.1, -0.05) is 371 Å². The molecule has 53 heavy (non-hydrogen) atoms. The van der Waals surface area contributed by atoms with Crippen LogP contribution in [0, 0.1) is 0 Å². The Bertz CT molecular complexity index is 0. The molecule has 380 valence electrons. The lowest BCUT2D eigenvalue weighted by atomic mass is 11.0. The van der Waals surface area contributed by atoms with Crippen LogP contribution in [-0.2, 0) is 0 Å². The molecule has 0 aliphatic carbocycles. The Morgan fingerprint density at radius 2 is 0.0566 bits per heavy atom. The van der Waals surface area contributed by atoms with Crippen LogP contribution in [0.1, 0.15) is 371 Å². The summed E-state index contributed by atoms with van der Waals surface area (Å²) in [7, 11) is 0. The fourth-order valence-corrected chi connectivity index (χ4v) is 0. The van der Waals surface area contributed by atoms with Crippen LogP contribution in [0.4, 0.5) is 0 Å². The first-order valence-corrected chi connectivity index (χ1v) is 22.0. The van der Waals surface area contributed by atoms with E-state index in [4.69, 9.17) is 0 Å². The second kappa shape index (κ2) is 0. The lowest BCUT2D eigenvalue weighted by Gasteiger charge is -1.07. The van der Waals surface area contributed by atoms with E-state index in [9.17, 15) is 0 Å². The molecular weight excluding hydrogens is 637 g/mol. The van der Waals surface area contributed by atoms with E-state index in [2.05, 4.69) is 0 Å². The molecule has 0 nitrogen and oxygen atoms in total. The molecule has 0 aromatic heterocycles. The quantitative estimate of drug-likeness (QED) is 0.229. The average Bonchev–Trinajstić information content (AvgIpc) is 3.28. The van der Waals surface area contributed by atoms with Gasteiger partial charge in [-0.15, -0.1) is 0 Å². The van der Waals surface area contributed by atoms with Gasteiger partial charge < -0.3 is 0 Å². The van der Waals surface area contributed by atoms with E-state index in [1.165, 1.54) is 0 Å². The van der Waals surface area contributed by atoms with E-state index in [0.717, 1.165) is 0 Å². The fourth-order valence-electron chi connectivity index (χ4n) is 0. The molecule has 0 atom stereocenters. The predicted molar refractivity (Wildman–Crippen MR) is 310 cm³/mol. The molecule has 0 amide bonds. The molecule has 0 unspecified atom stereocenters. The van der Waals surface area contributed by atoms with Crippen molar-refractivity contribution >= 4 is 0 Å². The first-order valence-electron chi connectivity index (χ1n) is 22.0. The second-order valence-corrected chi connectivity index (χ2v) is 0. The Labute approximate surface area is 370 Å². The topological polar surface area (TPSA) is 0 Å². The normalized spacial score (nSPS) is 2.49. The van der Waals surface area contributed by atoms with Crippen LogP contribution < -0.4 is 0 Å². The van der Waals surface area contributed by atoms with Crippen LogP contribution in [-0.4, -0.2) is 0 Å². The standard InChI is InChI=1S/22C2H6.9CH4/c22*1-2;;;;;;;;;/h22*1-2H3;9*1H4. The minimum Gasteiger partial charge on any atom is -0.0776 e. The summed E-state index contributed by atoms with van der Waals surface area (Å²) in [5.74, 6) is 0. The summed E-state index contributed by atoms with van der Waals surface area (Å²) in [4.78, 5) is 0. The van der Waals surface area contributed by atoms with Crippen molar-refractivity contribution in [2.75, 3.05) is 0 Å². The maximum Gasteiger partial charge on any atom is -0.0683 e. The highest BCUT2D eigenvalue weighted by molar-refractivity contribution is 3.55. The molecule has 0 N–H and O–H groups in total. The molecule has 0 aliphatic heterocycles. The Kier molecular flexibility index (Phi) is 0. The van der Waals surface area contributed by atoms with Crippen molar-refractivity contribution in [3.63, 3.8) is 0 Å². The Morgan fingerprint density at radius 1 is 0.0566 bits per heavy atom. The average molecular weight is 806 g/mol. The highest BCUT2D eigenvalue weighted by atomic mass is 13.1. The summed E-state index contributed by atoms with van der Waals surface area (Å²) in [5.41, 5.74) is 0. The van der Waals surface area contributed by atoms with Crippen LogP contribution in [0.15, 0.2) is 0 Å². The largest absolute Gasteiger partial charge is 0.0776 e. The summed E-state index contributed by atoms with van der Waals surface area (Å²) < 4.78 is 0. The van der Waals surface area contributed by atoms with E-state index in [-0.39, 0.29) is 66.8 Å². The summed E-state index contributed by atoms with van der Waals surface area (Å²) in [6, 6.07) is 0. The van der Waals surface area contributed by atoms with Gasteiger partial charge in [-0.3, -0.25) is 0 Å². The first-order chi connectivity index (χ1) is 22.0. The van der Waals surface area contributed by atoms with E-state index in [1.807, 2.05) is 305 Å². The molecular formula is C53H168. The van der Waals surface area contributed by atoms with E-state index < -0.39 is 0 Å². The fraction of sp³-hybridized carbons (Fsp3) is 1.00. The summed E-state index contributed by atoms with van der Waals surface area (Å²) in [6.45, 7) is 88.0. The van der Waals surface area contributed by atoms with E-state index >= 15 is 0 Å². The Balaban J connectivity index is -0.00000000327. The Morgan fingerprint density at radius 3 is 0.0566 bits per heavy atom. The first kappa shape index (κ1) is 296. The monoisotopic (exact) mass is 805 g/mol. The molecule has 0 radical (unpaired) electrons. The minimum absolute atomic E-state index is 0. The van der Waals surface area contributed by atoms with Gasteiger partial charge in [0.05, 0.1) is 0 Å². The van der Waals surface area contributed by atoms with Crippen LogP contribution in [0.5, 0.6) is 0 Å². The van der Waals surface area contributed by atoms with Gasteiger partial charge in [0.25, 0.3) is 0 Å². The molecule has 0 aliphatic rings. The number of hydrogen-bond donors (Lipinski definition) is 0. The minimum atomic E-state index is 0. The molecule has 0 heterocycles. The Hall–Kier alpha value is 0. The van der Waals surface area contributed by atoms with Crippen molar-refractivity contribution in [2.24, 2.45) is 0 Å². The van der Waals surface area contributed by atoms with Gasteiger partial charge in [0.15, 0.2) is 0 Å². The van der Waals surface area contributed by atoms with Crippen LogP contribution in [0.25, 0.3) is 0 Å². The third-order valence-corrected chi connectivity index (χ3v) is 0. The third-order valence-electron chi connectivity index (χ3n) is 0. The molecule has 0 aromatic rings. The molecule has 0 saturated heterocycles. The number of rotatable bonds is 0. The zero-order valence-corrected chi connectivity index (χ0v) is 44.0. The lowest BCUT2D eigenvalue weighted by Crippen LogP contribution is -0.856. The van der Waals surface area contributed by atoms with Gasteiger partial charge in [0.2, 0.25) is 0 Å². The van der Waals surface area contributed by atoms with Crippen molar-refractivity contribution in [1.82, 2.24) is 0 Å². The van der Waals surface area contributed by atoms with Gasteiger partial charge in [-0.2, -0.15) is 0 Å². The lowest BCUT2D eigenvalue weighted by molar-refractivity contribution is 1.50. The number of hydrogen-bond acceptors (Lipinski definition) is 0. The van der Waals surface area contributed by atoms with Crippen LogP contribution >= 0.6 is 0 Å². The van der Waals surface area contributed by atoms with Gasteiger partial charge in [0.1, 0.15) is 0 Å². The van der Waals surface area contributed by atoms with Gasteiger partial charge in [0, 0.05) is 0 Å². The molecule has 0 fully saturated rings. The zero-order valence-electron chi connectivity index (χ0n) is 44.0. The van der Waals surface area contributed by atoms with Crippen LogP contribution in [0.2, 0.25) is 0 Å². The van der Waals surface area contributed by atoms with Crippen molar-refractivity contribution in [1.29, 1.82) is 0 Å². The molecule has 0 aromatic carbocycles. The molecule has 0 heteroatoms. The van der Waals surface area contributed by atoms with Crippen molar-refractivity contribution in [2.45, 2.75) is 371 Å². The van der Waals surface area contributed by atoms with Crippen LogP contribution in [0.3, 0.4) is 0 Å². The molecule has 0 spiro atoms. The molecule has 0 saturated carbocycles. The summed E-state index contributed by atoms with van der Waals surface area (Å²) >= 11 is 0. The smallest absolute Gasteiger partial charge is 0.0683 e. The second-order valence-electron chi connectivity index (χ2n) is 0. The van der Waals surface area contributed by atoms with Crippen molar-refractivity contribution in [3.05, 3.63) is 0 Å². The van der Waals surface area contributed by atoms with Gasteiger partial charge >= 0.3 is 0 Å². The highest BCUT2D eigenvalue weighted by Gasteiger charge is 0.974. The summed E-state index contributed by atoms with van der Waals surface area (Å²) in [6.07, 6.45) is 0. The van der Waals surface area contributed by atoms with Gasteiger partial charge in [-0.05, 0) is 0 Å². The SMILES string of the molecule is C.C.C.C.C.C.C.C.C.CC.CC.CC.CC.CC.CC.CC.CC.CC.CC.CC.CC.CC.CC.CC.CC.CC.CC.CC.CC.CC.CC. The third kappa shape index (κ3) is 0. The van der Waals surface area contributed by atoms with E-state index in [0.29, 0.717) is 0 Å². The maximum atomic E-state index is 2.00. The summed E-state index contributed by atoms with van der Waals surface area (Å²) in [5, 5.41) is 0. The van der Waals surface area contributed by atoms with E-state index in [1.54, 1.807) is 0 Å². The predicted octanol–water partition coefficient (Wildman–Crippen LogP) is 28.3.